The van der Waals surface area contributed by atoms with E-state index in [0.717, 1.165) is 55.0 Å². The highest BCUT2D eigenvalue weighted by Gasteiger charge is 2.52. The number of β-amino-alcohol motifs (C(OH)–C–C–N with tert-alkyl or cyclic N) is 1. The van der Waals surface area contributed by atoms with Gasteiger partial charge in [0.2, 0.25) is 17.7 Å². The van der Waals surface area contributed by atoms with Crippen LogP contribution < -0.4 is 5.32 Å². The van der Waals surface area contributed by atoms with Crippen LogP contribution in [-0.4, -0.2) is 95.0 Å². The Bertz CT molecular complexity index is 1520. The Morgan fingerprint density at radius 2 is 1.22 bits per heavy atom. The average Bonchev–Trinajstić information content (AvgIpc) is 3.83. The van der Waals surface area contributed by atoms with Crippen molar-refractivity contribution >= 4 is 17.7 Å². The third-order valence-electron chi connectivity index (χ3n) is 12.0. The third kappa shape index (κ3) is 7.49. The van der Waals surface area contributed by atoms with E-state index < -0.39 is 23.6 Å². The Hall–Kier alpha value is -4.01. The van der Waals surface area contributed by atoms with E-state index in [9.17, 15) is 14.7 Å². The zero-order valence-electron chi connectivity index (χ0n) is 29.9. The van der Waals surface area contributed by atoms with E-state index >= 15 is 4.79 Å². The van der Waals surface area contributed by atoms with Crippen molar-refractivity contribution < 1.29 is 19.5 Å². The molecule has 3 aliphatic heterocycles. The summed E-state index contributed by atoms with van der Waals surface area (Å²) in [6.45, 7) is 4.48. The Morgan fingerprint density at radius 3 is 1.82 bits per heavy atom. The maximum Gasteiger partial charge on any atom is 0.246 e. The largest absolute Gasteiger partial charge is 0.391 e. The normalized spacial score (nSPS) is 24.8. The van der Waals surface area contributed by atoms with Crippen molar-refractivity contribution in [2.24, 2.45) is 11.8 Å². The molecule has 4 aliphatic rings. The van der Waals surface area contributed by atoms with Crippen LogP contribution in [0.15, 0.2) is 91.0 Å². The van der Waals surface area contributed by atoms with Crippen LogP contribution in [0, 0.1) is 11.8 Å². The molecule has 4 fully saturated rings. The number of piperidine rings is 1. The van der Waals surface area contributed by atoms with E-state index in [2.05, 4.69) is 10.2 Å². The molecule has 1 saturated carbocycles. The minimum absolute atomic E-state index is 0.0488. The number of benzene rings is 3. The molecule has 8 heteroatoms. The van der Waals surface area contributed by atoms with E-state index in [1.165, 1.54) is 38.6 Å². The molecule has 0 aromatic heterocycles. The van der Waals surface area contributed by atoms with Crippen LogP contribution in [0.1, 0.15) is 80.9 Å². The number of nitrogens with zero attached hydrogens (tertiary/aromatic N) is 3. The number of hydrogen-bond acceptors (Lipinski definition) is 5. The van der Waals surface area contributed by atoms with Crippen LogP contribution >= 0.6 is 0 Å². The van der Waals surface area contributed by atoms with Gasteiger partial charge in [0.25, 0.3) is 0 Å². The minimum Gasteiger partial charge on any atom is -0.391 e. The van der Waals surface area contributed by atoms with Gasteiger partial charge in [0, 0.05) is 39.1 Å². The molecule has 3 amide bonds. The number of amides is 3. The van der Waals surface area contributed by atoms with Crippen molar-refractivity contribution in [2.45, 2.75) is 87.8 Å². The first-order valence-electron chi connectivity index (χ1n) is 19.4. The summed E-state index contributed by atoms with van der Waals surface area (Å²) in [5, 5.41) is 14.3. The van der Waals surface area contributed by atoms with Crippen molar-refractivity contribution in [3.63, 3.8) is 0 Å². The number of hydrogen-bond donors (Lipinski definition) is 2. The summed E-state index contributed by atoms with van der Waals surface area (Å²) >= 11 is 0. The summed E-state index contributed by atoms with van der Waals surface area (Å²) in [6.07, 6.45) is 9.66. The van der Waals surface area contributed by atoms with Crippen LogP contribution in [0.2, 0.25) is 0 Å². The summed E-state index contributed by atoms with van der Waals surface area (Å²) in [5.41, 5.74) is 1.12. The minimum atomic E-state index is -1.25. The highest BCUT2D eigenvalue weighted by molar-refractivity contribution is 6.00. The molecular weight excluding hydrogens is 636 g/mol. The summed E-state index contributed by atoms with van der Waals surface area (Å²) < 4.78 is 0. The van der Waals surface area contributed by atoms with Gasteiger partial charge in [-0.2, -0.15) is 0 Å². The molecule has 4 atom stereocenters. The highest BCUT2D eigenvalue weighted by Crippen LogP contribution is 2.43. The van der Waals surface area contributed by atoms with E-state index in [-0.39, 0.29) is 30.7 Å². The number of aliphatic hydroxyl groups is 1. The fourth-order valence-corrected chi connectivity index (χ4v) is 9.50. The molecule has 3 heterocycles. The molecule has 3 aromatic carbocycles. The molecule has 2 N–H and O–H groups in total. The molecule has 8 nitrogen and oxygen atoms in total. The van der Waals surface area contributed by atoms with Crippen molar-refractivity contribution in [3.05, 3.63) is 108 Å². The van der Waals surface area contributed by atoms with E-state index in [1.807, 2.05) is 91.0 Å². The first-order valence-corrected chi connectivity index (χ1v) is 19.4. The average molecular weight is 691 g/mol. The number of rotatable bonds is 10. The molecule has 3 aromatic rings. The van der Waals surface area contributed by atoms with Crippen LogP contribution in [0.25, 0.3) is 0 Å². The summed E-state index contributed by atoms with van der Waals surface area (Å²) in [4.78, 5) is 49.5. The summed E-state index contributed by atoms with van der Waals surface area (Å²) in [5.74, 6) is 0.614. The number of nitrogens with one attached hydrogen (secondary N) is 1. The van der Waals surface area contributed by atoms with E-state index in [4.69, 9.17) is 0 Å². The first-order chi connectivity index (χ1) is 24.9. The monoisotopic (exact) mass is 690 g/mol. The summed E-state index contributed by atoms with van der Waals surface area (Å²) in [7, 11) is 0. The SMILES string of the molecule is O=C(NC[C@H]1CCCN(CC2CCCCC2)C1)[C@H]1CCCN1C(=O)[C@@H]1C[C@H](O)CN1C(=O)C(c1ccccc1)(c1ccccc1)c1ccccc1. The van der Waals surface area contributed by atoms with Gasteiger partial charge >= 0.3 is 0 Å². The molecule has 1 aliphatic carbocycles. The Morgan fingerprint density at radius 1 is 0.647 bits per heavy atom. The Kier molecular flexibility index (Phi) is 11.2. The number of carbonyl (C=O) groups is 3. The third-order valence-corrected chi connectivity index (χ3v) is 12.0. The standard InChI is InChI=1S/C43H54N4O4/c48-37-27-39(41(50)46-26-14-24-38(46)40(49)44-28-33-17-13-25-45(30-33)29-32-15-5-1-6-16-32)47(31-37)42(51)43(34-18-7-2-8-19-34,35-20-9-3-10-21-35)36-22-11-4-12-23-36/h2-4,7-12,18-23,32-33,37-39,48H,1,5-6,13-17,24-31H2,(H,44,49)/t33-,37+,38-,39+/m1/s1. The second kappa shape index (κ2) is 16.1. The van der Waals surface area contributed by atoms with Crippen molar-refractivity contribution in [2.75, 3.05) is 39.3 Å². The lowest BCUT2D eigenvalue weighted by Crippen LogP contribution is -2.56. The Balaban J connectivity index is 1.09. The van der Waals surface area contributed by atoms with Gasteiger partial charge in [-0.3, -0.25) is 14.4 Å². The maximum absolute atomic E-state index is 15.4. The van der Waals surface area contributed by atoms with Crippen molar-refractivity contribution in [1.29, 1.82) is 0 Å². The predicted molar refractivity (Wildman–Crippen MR) is 199 cm³/mol. The fourth-order valence-electron chi connectivity index (χ4n) is 9.50. The zero-order valence-corrected chi connectivity index (χ0v) is 29.9. The topological polar surface area (TPSA) is 93.2 Å². The van der Waals surface area contributed by atoms with Gasteiger partial charge < -0.3 is 25.1 Å². The molecule has 0 radical (unpaired) electrons. The van der Waals surface area contributed by atoms with Gasteiger partial charge in [-0.15, -0.1) is 0 Å². The van der Waals surface area contributed by atoms with Gasteiger partial charge in [0.1, 0.15) is 17.5 Å². The summed E-state index contributed by atoms with van der Waals surface area (Å²) in [6, 6.07) is 27.7. The highest BCUT2D eigenvalue weighted by atomic mass is 16.3. The van der Waals surface area contributed by atoms with Gasteiger partial charge in [0.05, 0.1) is 6.10 Å². The van der Waals surface area contributed by atoms with Crippen LogP contribution in [0.4, 0.5) is 0 Å². The van der Waals surface area contributed by atoms with Crippen LogP contribution in [0.5, 0.6) is 0 Å². The van der Waals surface area contributed by atoms with Gasteiger partial charge in [-0.05, 0) is 73.6 Å². The van der Waals surface area contributed by atoms with Gasteiger partial charge in [0.15, 0.2) is 0 Å². The van der Waals surface area contributed by atoms with Crippen molar-refractivity contribution in [1.82, 2.24) is 20.0 Å². The molecule has 51 heavy (non-hydrogen) atoms. The number of likely N-dealkylation sites (tertiary alicyclic amines) is 3. The predicted octanol–water partition coefficient (Wildman–Crippen LogP) is 5.38. The number of aliphatic hydroxyl groups excluding tert-OH is 1. The first kappa shape index (κ1) is 35.4. The van der Waals surface area contributed by atoms with Gasteiger partial charge in [-0.25, -0.2) is 0 Å². The van der Waals surface area contributed by atoms with E-state index in [0.29, 0.717) is 25.4 Å². The lowest BCUT2D eigenvalue weighted by Gasteiger charge is -2.40. The van der Waals surface area contributed by atoms with Crippen molar-refractivity contribution in [3.8, 4) is 0 Å². The molecule has 0 unspecified atom stereocenters. The number of carbonyl (C=O) groups excluding carboxylic acids is 3. The molecule has 270 valence electrons. The molecule has 0 bridgehead atoms. The molecular formula is C43H54N4O4. The zero-order chi connectivity index (χ0) is 35.2. The van der Waals surface area contributed by atoms with Crippen LogP contribution in [0.3, 0.4) is 0 Å². The van der Waals surface area contributed by atoms with E-state index in [1.54, 1.807) is 9.80 Å². The van der Waals surface area contributed by atoms with Gasteiger partial charge in [-0.1, -0.05) is 110 Å². The quantitative estimate of drug-likeness (QED) is 0.279. The van der Waals surface area contributed by atoms with Crippen LogP contribution in [-0.2, 0) is 19.8 Å². The fraction of sp³-hybridized carbons (Fsp3) is 0.512. The second-order valence-corrected chi connectivity index (χ2v) is 15.4. The lowest BCUT2D eigenvalue weighted by atomic mass is 9.68. The molecule has 3 saturated heterocycles. The lowest BCUT2D eigenvalue weighted by molar-refractivity contribution is -0.147. The molecule has 0 spiro atoms. The smallest absolute Gasteiger partial charge is 0.246 e. The Labute approximate surface area is 303 Å². The maximum atomic E-state index is 15.4. The molecule has 7 rings (SSSR count). The second-order valence-electron chi connectivity index (χ2n) is 15.4.